The fraction of sp³-hybridized carbons (Fsp3) is 0.119. The Hall–Kier alpha value is -3.96. The minimum absolute atomic E-state index is 0. The third-order valence-electron chi connectivity index (χ3n) is 9.86. The molecule has 3 heterocycles. The van der Waals surface area contributed by atoms with Crippen LogP contribution in [-0.2, 0) is 21.1 Å². The number of anilines is 3. The third-order valence-corrected chi connectivity index (χ3v) is 20.7. The van der Waals surface area contributed by atoms with Gasteiger partial charge in [-0.1, -0.05) is 42.0 Å². The standard InChI is InChI=1S/C22H21GeNSi.C20H15N2.Pt/c1-23(2)16-10-5-6-12-18(16)24-19-13-7-8-14-20(19)25(3,4)21-15-9-11-17(23)22(21)24;1-16-11-13-18(14-12-16)22-15-21(17-7-3-2-4-8-17)19-9-5-6-10-20(19)22;/h5-11,14-15H,1-4H3;2-7,9-14H,1H3;/q-2;-1;+4. The third kappa shape index (κ3) is 5.17. The van der Waals surface area contributed by atoms with Crippen LogP contribution < -0.4 is 28.6 Å². The maximum atomic E-state index is 3.58. The Morgan fingerprint density at radius 3 is 2.08 bits per heavy atom. The second kappa shape index (κ2) is 12.5. The molecule has 0 N–H and O–H groups in total. The Kier molecular flexibility index (Phi) is 8.48. The van der Waals surface area contributed by atoms with E-state index < -0.39 is 21.3 Å². The molecule has 7 aromatic rings. The summed E-state index contributed by atoms with van der Waals surface area (Å²) in [6.45, 7) is 7.06. The molecule has 1 aromatic heterocycles. The Bertz CT molecular complexity index is 2200. The summed E-state index contributed by atoms with van der Waals surface area (Å²) in [7, 11) is -1.73. The number of imidazole rings is 1. The number of nitrogens with zero attached hydrogens (tertiary/aromatic N) is 3. The number of aromatic nitrogens is 2. The molecule has 0 spiro atoms. The summed E-state index contributed by atoms with van der Waals surface area (Å²) in [4.78, 5) is 2.46. The van der Waals surface area contributed by atoms with Crippen molar-refractivity contribution in [1.29, 1.82) is 0 Å². The van der Waals surface area contributed by atoms with E-state index in [4.69, 9.17) is 0 Å². The summed E-state index contributed by atoms with van der Waals surface area (Å²) in [5.74, 6) is 5.05. The molecule has 0 amide bonds. The molecule has 0 bridgehead atoms. The van der Waals surface area contributed by atoms with E-state index in [1.807, 2.05) is 24.3 Å². The number of hydrogen-bond donors (Lipinski definition) is 0. The molecule has 0 saturated carbocycles. The van der Waals surface area contributed by atoms with Crippen molar-refractivity contribution < 1.29 is 25.6 Å². The van der Waals surface area contributed by atoms with E-state index in [9.17, 15) is 0 Å². The van der Waals surface area contributed by atoms with E-state index in [1.165, 1.54) is 32.2 Å². The van der Waals surface area contributed by atoms with Gasteiger partial charge in [0.2, 0.25) is 0 Å². The molecule has 0 aliphatic carbocycles. The molecular weight excluding hydrogens is 842 g/mol. The predicted octanol–water partition coefficient (Wildman–Crippen LogP) is 6.84. The molecule has 0 radical (unpaired) electrons. The predicted molar refractivity (Wildman–Crippen MR) is 200 cm³/mol. The summed E-state index contributed by atoms with van der Waals surface area (Å²) in [6, 6.07) is 55.3. The maximum absolute atomic E-state index is 3.58. The smallest absolute Gasteiger partial charge is 0.315 e. The molecule has 0 atom stereocenters. The van der Waals surface area contributed by atoms with Crippen molar-refractivity contribution in [2.24, 2.45) is 0 Å². The van der Waals surface area contributed by atoms with Crippen LogP contribution in [0, 0.1) is 31.5 Å². The zero-order valence-corrected chi connectivity index (χ0v) is 33.2. The molecule has 2 aliphatic heterocycles. The summed E-state index contributed by atoms with van der Waals surface area (Å²) >= 11 is -2.34. The van der Waals surface area contributed by atoms with Crippen LogP contribution in [-0.4, -0.2) is 25.9 Å². The van der Waals surface area contributed by atoms with Gasteiger partial charge in [0, 0.05) is 0 Å². The molecule has 6 heteroatoms. The summed E-state index contributed by atoms with van der Waals surface area (Å²) in [5, 5.41) is 3.05. The van der Waals surface area contributed by atoms with Crippen LogP contribution in [0.25, 0.3) is 22.4 Å². The molecule has 0 fully saturated rings. The Balaban J connectivity index is 0.000000150. The summed E-state index contributed by atoms with van der Waals surface area (Å²) < 4.78 is 7.27. The number of aryl methyl sites for hydroxylation is 1. The minimum atomic E-state index is -2.34. The first-order valence-corrected chi connectivity index (χ1v) is 25.5. The van der Waals surface area contributed by atoms with Crippen molar-refractivity contribution in [3.05, 3.63) is 157 Å². The quantitative estimate of drug-likeness (QED) is 0.105. The van der Waals surface area contributed by atoms with E-state index in [2.05, 4.69) is 173 Å². The molecule has 48 heavy (non-hydrogen) atoms. The molecule has 2 aliphatic rings. The van der Waals surface area contributed by atoms with Gasteiger partial charge in [-0.25, -0.2) is 0 Å². The van der Waals surface area contributed by atoms with Gasteiger partial charge in [0.1, 0.15) is 0 Å². The van der Waals surface area contributed by atoms with Crippen molar-refractivity contribution in [3.8, 4) is 11.4 Å². The van der Waals surface area contributed by atoms with Gasteiger partial charge in [-0.3, -0.25) is 4.57 Å². The normalized spacial score (nSPS) is 14.5. The first-order chi connectivity index (χ1) is 22.8. The van der Waals surface area contributed by atoms with Gasteiger partial charge in [-0.05, 0) is 24.7 Å². The first-order valence-electron chi connectivity index (χ1n) is 16.2. The van der Waals surface area contributed by atoms with E-state index >= 15 is 0 Å². The number of hydrogen-bond acceptors (Lipinski definition) is 1. The van der Waals surface area contributed by atoms with Gasteiger partial charge in [0.25, 0.3) is 6.33 Å². The van der Waals surface area contributed by atoms with E-state index in [-0.39, 0.29) is 21.1 Å². The Labute approximate surface area is 302 Å². The Morgan fingerprint density at radius 2 is 1.31 bits per heavy atom. The van der Waals surface area contributed by atoms with Crippen LogP contribution in [0.2, 0.25) is 24.6 Å². The van der Waals surface area contributed by atoms with Gasteiger partial charge in [0.05, 0.1) is 16.7 Å². The van der Waals surface area contributed by atoms with E-state index in [0.717, 1.165) is 22.4 Å². The number of rotatable bonds is 2. The van der Waals surface area contributed by atoms with E-state index in [1.54, 1.807) is 9.58 Å². The maximum Gasteiger partial charge on any atom is 4.00 e. The average Bonchev–Trinajstić information content (AvgIpc) is 3.49. The fourth-order valence-electron chi connectivity index (χ4n) is 7.30. The van der Waals surface area contributed by atoms with Gasteiger partial charge in [-0.2, -0.15) is 30.3 Å². The van der Waals surface area contributed by atoms with Crippen molar-refractivity contribution in [1.82, 2.24) is 4.57 Å². The van der Waals surface area contributed by atoms with Gasteiger partial charge >= 0.3 is 175 Å². The van der Waals surface area contributed by atoms with E-state index in [0.29, 0.717) is 0 Å². The molecular formula is C42H36GeN3PtSi+. The van der Waals surface area contributed by atoms with Crippen molar-refractivity contribution in [3.63, 3.8) is 0 Å². The number of benzene rings is 6. The van der Waals surface area contributed by atoms with Crippen LogP contribution in [0.4, 0.5) is 17.1 Å². The Morgan fingerprint density at radius 1 is 0.646 bits per heavy atom. The second-order valence-electron chi connectivity index (χ2n) is 13.5. The number of fused-ring (bicyclic) bond motifs is 5. The topological polar surface area (TPSA) is 12.1 Å². The second-order valence-corrected chi connectivity index (χ2v) is 26.9. The SMILES string of the molecule is C[Si]1(C)c2ccc[c-]c2N2c3[c-]ccc[c]3[Ge]([CH3])([CH3])[c]3cccc1c32.Cc1ccc(-[n+]2[c-]n(-c3[c-]cccc3)c3ccccc32)cc1.[Pt+4]. The van der Waals surface area contributed by atoms with Crippen molar-refractivity contribution in [2.75, 3.05) is 4.90 Å². The molecule has 9 rings (SSSR count). The average molecular weight is 879 g/mol. The van der Waals surface area contributed by atoms with Crippen molar-refractivity contribution >= 4 is 68.6 Å². The first kappa shape index (κ1) is 32.6. The van der Waals surface area contributed by atoms with Crippen LogP contribution >= 0.6 is 0 Å². The molecule has 0 saturated heterocycles. The zero-order chi connectivity index (χ0) is 32.3. The molecule has 6 aromatic carbocycles. The molecule has 3 nitrogen and oxygen atoms in total. The summed E-state index contributed by atoms with van der Waals surface area (Å²) in [5.41, 5.74) is 9.58. The van der Waals surface area contributed by atoms with Gasteiger partial charge < -0.3 is 4.57 Å². The van der Waals surface area contributed by atoms with Crippen molar-refractivity contribution in [2.45, 2.75) is 31.5 Å². The molecule has 236 valence electrons. The summed E-state index contributed by atoms with van der Waals surface area (Å²) in [6.07, 6.45) is 3.44. The van der Waals surface area contributed by atoms with Gasteiger partial charge in [0.15, 0.2) is 0 Å². The fourth-order valence-corrected chi connectivity index (χ4v) is 16.6. The number of para-hydroxylation sites is 6. The van der Waals surface area contributed by atoms with Crippen LogP contribution in [0.15, 0.2) is 127 Å². The van der Waals surface area contributed by atoms with Crippen LogP contribution in [0.1, 0.15) is 5.56 Å². The zero-order valence-electron chi connectivity index (χ0n) is 27.8. The monoisotopic (exact) mass is 879 g/mol. The van der Waals surface area contributed by atoms with Crippen LogP contribution in [0.5, 0.6) is 0 Å². The van der Waals surface area contributed by atoms with Crippen LogP contribution in [0.3, 0.4) is 0 Å². The largest absolute Gasteiger partial charge is 4.00 e. The van der Waals surface area contributed by atoms with Gasteiger partial charge in [-0.15, -0.1) is 0 Å². The minimum Gasteiger partial charge on any atom is -0.315 e. The molecule has 0 unspecified atom stereocenters.